The van der Waals surface area contributed by atoms with E-state index in [2.05, 4.69) is 22.9 Å². The van der Waals surface area contributed by atoms with Crippen LogP contribution in [0.1, 0.15) is 137 Å². The van der Waals surface area contributed by atoms with Crippen LogP contribution in [0.15, 0.2) is 0 Å². The van der Waals surface area contributed by atoms with Crippen molar-refractivity contribution in [3.05, 3.63) is 0 Å². The molecule has 0 aromatic carbocycles. The van der Waals surface area contributed by atoms with Gasteiger partial charge in [0.1, 0.15) is 6.10 Å². The minimum atomic E-state index is -0.947. The molecule has 4 N–H and O–H groups in total. The molecule has 3 aliphatic rings. The molecule has 2 saturated carbocycles. The Labute approximate surface area is 254 Å². The summed E-state index contributed by atoms with van der Waals surface area (Å²) in [6, 6.07) is -0.430. The third-order valence-corrected chi connectivity index (χ3v) is 9.81. The van der Waals surface area contributed by atoms with Crippen molar-refractivity contribution < 1.29 is 29.0 Å². The van der Waals surface area contributed by atoms with Gasteiger partial charge < -0.3 is 30.5 Å². The van der Waals surface area contributed by atoms with Gasteiger partial charge >= 0.3 is 12.0 Å². The Bertz CT molecular complexity index is 885. The van der Waals surface area contributed by atoms with Crippen LogP contribution in [0.2, 0.25) is 0 Å². The number of hydrogen-bond donors (Lipinski definition) is 4. The molecule has 3 amide bonds. The Morgan fingerprint density at radius 2 is 1.57 bits per heavy atom. The topological polar surface area (TPSA) is 126 Å². The number of urea groups is 1. The van der Waals surface area contributed by atoms with Crippen molar-refractivity contribution in [2.75, 3.05) is 13.2 Å². The zero-order chi connectivity index (χ0) is 30.8. The first-order valence-electron chi connectivity index (χ1n) is 16.8. The van der Waals surface area contributed by atoms with Gasteiger partial charge in [-0.3, -0.25) is 9.59 Å². The van der Waals surface area contributed by atoms with E-state index in [4.69, 9.17) is 9.47 Å². The van der Waals surface area contributed by atoms with E-state index >= 15 is 0 Å². The maximum absolute atomic E-state index is 13.4. The van der Waals surface area contributed by atoms with Crippen LogP contribution in [0, 0.1) is 17.3 Å². The summed E-state index contributed by atoms with van der Waals surface area (Å²) in [7, 11) is 0. The molecule has 0 spiro atoms. The van der Waals surface area contributed by atoms with E-state index in [-0.39, 0.29) is 36.0 Å². The number of carboxylic acid groups (broad SMARTS) is 1. The molecule has 3 fully saturated rings. The fourth-order valence-electron chi connectivity index (χ4n) is 7.22. The Balaban J connectivity index is 1.62. The van der Waals surface area contributed by atoms with Crippen molar-refractivity contribution in [2.45, 2.75) is 161 Å². The van der Waals surface area contributed by atoms with Gasteiger partial charge in [0.05, 0.1) is 12.5 Å². The number of carbonyl (C=O) groups is 3. The van der Waals surface area contributed by atoms with Gasteiger partial charge in [0.25, 0.3) is 0 Å². The average molecular weight is 594 g/mol. The van der Waals surface area contributed by atoms with Crippen LogP contribution in [-0.2, 0) is 19.1 Å². The molecule has 1 saturated heterocycles. The number of aliphatic carboxylic acids is 1. The van der Waals surface area contributed by atoms with Gasteiger partial charge in [0.15, 0.2) is 5.79 Å². The summed E-state index contributed by atoms with van der Waals surface area (Å²) >= 11 is 0. The number of amides is 3. The summed E-state index contributed by atoms with van der Waals surface area (Å²) in [6.45, 7) is 9.97. The molecule has 9 nitrogen and oxygen atoms in total. The first kappa shape index (κ1) is 34.6. The number of unbranched alkanes of at least 4 members (excludes halogenated alkanes) is 5. The van der Waals surface area contributed by atoms with Gasteiger partial charge in [-0.15, -0.1) is 0 Å². The second kappa shape index (κ2) is 15.7. The van der Waals surface area contributed by atoms with Gasteiger partial charge in [0.2, 0.25) is 5.91 Å². The van der Waals surface area contributed by atoms with Crippen LogP contribution in [0.5, 0.6) is 0 Å². The van der Waals surface area contributed by atoms with Crippen molar-refractivity contribution in [3.8, 4) is 0 Å². The summed E-state index contributed by atoms with van der Waals surface area (Å²) in [5.74, 6) is -3.24. The van der Waals surface area contributed by atoms with Crippen molar-refractivity contribution in [1.29, 1.82) is 0 Å². The molecule has 3 rings (SSSR count). The first-order chi connectivity index (χ1) is 19.9. The fraction of sp³-hybridized carbons (Fsp3) is 0.909. The second-order valence-electron chi connectivity index (χ2n) is 14.4. The van der Waals surface area contributed by atoms with Crippen LogP contribution < -0.4 is 16.0 Å². The Kier molecular flexibility index (Phi) is 13.0. The quantitative estimate of drug-likeness (QED) is 0.138. The van der Waals surface area contributed by atoms with Gasteiger partial charge in [-0.25, -0.2) is 4.79 Å². The first-order valence-corrected chi connectivity index (χ1v) is 16.8. The van der Waals surface area contributed by atoms with E-state index in [9.17, 15) is 19.5 Å². The predicted octanol–water partition coefficient (Wildman–Crippen LogP) is 6.29. The molecule has 0 aromatic heterocycles. The maximum Gasteiger partial charge on any atom is 0.315 e. The number of ether oxygens (including phenoxy) is 2. The largest absolute Gasteiger partial charge is 0.481 e. The van der Waals surface area contributed by atoms with Gasteiger partial charge in [-0.05, 0) is 51.9 Å². The molecule has 4 unspecified atom stereocenters. The monoisotopic (exact) mass is 593 g/mol. The van der Waals surface area contributed by atoms with Crippen LogP contribution >= 0.6 is 0 Å². The number of hydrogen-bond acceptors (Lipinski definition) is 5. The lowest BCUT2D eigenvalue weighted by Gasteiger charge is -2.44. The van der Waals surface area contributed by atoms with E-state index in [1.807, 2.05) is 13.8 Å². The number of rotatable bonds is 14. The van der Waals surface area contributed by atoms with Gasteiger partial charge in [-0.2, -0.15) is 0 Å². The zero-order valence-electron chi connectivity index (χ0n) is 27.0. The number of nitrogens with one attached hydrogen (secondary N) is 3. The normalized spacial score (nSPS) is 27.4. The third-order valence-electron chi connectivity index (χ3n) is 9.81. The molecule has 1 aliphatic heterocycles. The van der Waals surface area contributed by atoms with Crippen molar-refractivity contribution >= 4 is 17.9 Å². The minimum Gasteiger partial charge on any atom is -0.481 e. The lowest BCUT2D eigenvalue weighted by Crippen LogP contribution is -2.58. The van der Waals surface area contributed by atoms with Gasteiger partial charge in [-0.1, -0.05) is 91.4 Å². The molecular weight excluding hydrogens is 534 g/mol. The van der Waals surface area contributed by atoms with Gasteiger partial charge in [0, 0.05) is 23.5 Å². The molecule has 0 radical (unpaired) electrons. The average Bonchev–Trinajstić information content (AvgIpc) is 3.26. The van der Waals surface area contributed by atoms with Crippen molar-refractivity contribution in [1.82, 2.24) is 16.0 Å². The lowest BCUT2D eigenvalue weighted by atomic mass is 9.81. The number of carbonyl (C=O) groups excluding carboxylic acids is 2. The Morgan fingerprint density at radius 1 is 0.905 bits per heavy atom. The third kappa shape index (κ3) is 10.1. The van der Waals surface area contributed by atoms with Crippen molar-refractivity contribution in [2.24, 2.45) is 17.3 Å². The summed E-state index contributed by atoms with van der Waals surface area (Å²) in [5, 5.41) is 19.8. The predicted molar refractivity (Wildman–Crippen MR) is 164 cm³/mol. The smallest absolute Gasteiger partial charge is 0.315 e. The van der Waals surface area contributed by atoms with E-state index < -0.39 is 29.2 Å². The zero-order valence-corrected chi connectivity index (χ0v) is 27.0. The molecule has 9 heteroatoms. The summed E-state index contributed by atoms with van der Waals surface area (Å²) in [6.07, 6.45) is 16.2. The molecule has 42 heavy (non-hydrogen) atoms. The maximum atomic E-state index is 13.4. The molecule has 0 aromatic rings. The highest BCUT2D eigenvalue weighted by molar-refractivity contribution is 5.82. The summed E-state index contributed by atoms with van der Waals surface area (Å²) < 4.78 is 11.7. The molecular formula is C33H59N3O6. The minimum absolute atomic E-state index is 0.00216. The van der Waals surface area contributed by atoms with Crippen LogP contribution in [0.3, 0.4) is 0 Å². The Hall–Kier alpha value is -1.87. The molecule has 0 bridgehead atoms. The molecule has 2 aliphatic carbocycles. The lowest BCUT2D eigenvalue weighted by molar-refractivity contribution is -0.304. The second-order valence-corrected chi connectivity index (χ2v) is 14.4. The van der Waals surface area contributed by atoms with Crippen LogP contribution in [0.25, 0.3) is 0 Å². The SMILES string of the molecule is CCCCCCCCC1(NC(=O)NC2CCCCCC2C(CNC(=O)C2OC(C)(C)OCC2(C)C)C(=O)O)CCCC1. The van der Waals surface area contributed by atoms with Crippen molar-refractivity contribution in [3.63, 3.8) is 0 Å². The molecule has 242 valence electrons. The van der Waals surface area contributed by atoms with Crippen LogP contribution in [-0.4, -0.2) is 59.6 Å². The van der Waals surface area contributed by atoms with Crippen LogP contribution in [0.4, 0.5) is 4.79 Å². The Morgan fingerprint density at radius 3 is 2.26 bits per heavy atom. The van der Waals surface area contributed by atoms with E-state index in [0.29, 0.717) is 13.0 Å². The molecule has 1 heterocycles. The summed E-state index contributed by atoms with van der Waals surface area (Å²) in [4.78, 5) is 39.3. The van der Waals surface area contributed by atoms with E-state index in [1.165, 1.54) is 32.1 Å². The summed E-state index contributed by atoms with van der Waals surface area (Å²) in [5.41, 5.74) is -0.700. The highest BCUT2D eigenvalue weighted by Gasteiger charge is 2.46. The number of carboxylic acids is 1. The highest BCUT2D eigenvalue weighted by atomic mass is 16.7. The van der Waals surface area contributed by atoms with E-state index in [0.717, 1.165) is 64.2 Å². The molecule has 4 atom stereocenters. The standard InChI is InChI=1S/C33H59N3O6/c1-6-7-8-9-10-14-19-33(20-15-16-21-33)36-30(40)35-26-18-13-11-12-17-24(26)25(29(38)39)22-34-28(37)27-31(2,3)23-41-32(4,5)42-27/h24-27H,6-23H2,1-5H3,(H,34,37)(H,38,39)(H2,35,36,40). The highest BCUT2D eigenvalue weighted by Crippen LogP contribution is 2.36. The van der Waals surface area contributed by atoms with E-state index in [1.54, 1.807) is 13.8 Å². The fourth-order valence-corrected chi connectivity index (χ4v) is 7.22.